The van der Waals surface area contributed by atoms with Crippen LogP contribution in [0.25, 0.3) is 0 Å². The SMILES string of the molecule is COc1ccc(OC)c(NC(=O)CNC(=O)Cc2ccc(F)cc2)c1. The summed E-state index contributed by atoms with van der Waals surface area (Å²) in [5, 5.41) is 5.17. The van der Waals surface area contributed by atoms with Crippen molar-refractivity contribution in [3.63, 3.8) is 0 Å². The van der Waals surface area contributed by atoms with Crippen LogP contribution in [0.3, 0.4) is 0 Å². The summed E-state index contributed by atoms with van der Waals surface area (Å²) in [4.78, 5) is 23.9. The lowest BCUT2D eigenvalue weighted by Gasteiger charge is -2.12. The molecule has 2 aromatic rings. The number of nitrogens with one attached hydrogen (secondary N) is 2. The molecule has 0 saturated heterocycles. The van der Waals surface area contributed by atoms with Gasteiger partial charge in [-0.25, -0.2) is 4.39 Å². The molecule has 2 amide bonds. The molecule has 0 saturated carbocycles. The van der Waals surface area contributed by atoms with Crippen LogP contribution in [0.1, 0.15) is 5.56 Å². The van der Waals surface area contributed by atoms with E-state index in [1.165, 1.54) is 38.5 Å². The maximum absolute atomic E-state index is 12.8. The monoisotopic (exact) mass is 346 g/mol. The van der Waals surface area contributed by atoms with Crippen molar-refractivity contribution in [2.24, 2.45) is 0 Å². The molecule has 0 fully saturated rings. The van der Waals surface area contributed by atoms with Gasteiger partial charge >= 0.3 is 0 Å². The van der Waals surface area contributed by atoms with Crippen molar-refractivity contribution in [3.05, 3.63) is 53.8 Å². The summed E-state index contributed by atoms with van der Waals surface area (Å²) in [7, 11) is 3.00. The number of anilines is 1. The van der Waals surface area contributed by atoms with E-state index in [1.807, 2.05) is 0 Å². The van der Waals surface area contributed by atoms with Crippen LogP contribution < -0.4 is 20.1 Å². The Morgan fingerprint density at radius 2 is 1.72 bits per heavy atom. The van der Waals surface area contributed by atoms with E-state index in [1.54, 1.807) is 18.2 Å². The summed E-state index contributed by atoms with van der Waals surface area (Å²) in [5.74, 6) is -0.0580. The number of hydrogen-bond acceptors (Lipinski definition) is 4. The van der Waals surface area contributed by atoms with Gasteiger partial charge in [0.05, 0.1) is 32.9 Å². The molecule has 2 rings (SSSR count). The van der Waals surface area contributed by atoms with E-state index in [0.717, 1.165) is 0 Å². The zero-order chi connectivity index (χ0) is 18.2. The van der Waals surface area contributed by atoms with Crippen LogP contribution in [-0.4, -0.2) is 32.6 Å². The highest BCUT2D eigenvalue weighted by Crippen LogP contribution is 2.28. The lowest BCUT2D eigenvalue weighted by molar-refractivity contribution is -0.123. The molecule has 0 heterocycles. The smallest absolute Gasteiger partial charge is 0.243 e. The second-order valence-electron chi connectivity index (χ2n) is 5.19. The fourth-order valence-corrected chi connectivity index (χ4v) is 2.14. The molecule has 25 heavy (non-hydrogen) atoms. The molecule has 0 aliphatic carbocycles. The summed E-state index contributed by atoms with van der Waals surface area (Å²) in [6.45, 7) is -0.194. The molecule has 0 spiro atoms. The van der Waals surface area contributed by atoms with E-state index in [9.17, 15) is 14.0 Å². The molecule has 7 heteroatoms. The summed E-state index contributed by atoms with van der Waals surface area (Å²) in [6.07, 6.45) is 0.0655. The highest BCUT2D eigenvalue weighted by molar-refractivity contribution is 5.96. The molecule has 0 aromatic heterocycles. The van der Waals surface area contributed by atoms with Crippen LogP contribution in [0, 0.1) is 5.82 Å². The molecule has 6 nitrogen and oxygen atoms in total. The quantitative estimate of drug-likeness (QED) is 0.805. The predicted molar refractivity (Wildman–Crippen MR) is 91.3 cm³/mol. The van der Waals surface area contributed by atoms with E-state index < -0.39 is 5.91 Å². The Morgan fingerprint density at radius 3 is 2.36 bits per heavy atom. The van der Waals surface area contributed by atoms with Crippen molar-refractivity contribution in [2.45, 2.75) is 6.42 Å². The molecule has 0 aliphatic heterocycles. The second-order valence-corrected chi connectivity index (χ2v) is 5.19. The lowest BCUT2D eigenvalue weighted by atomic mass is 10.1. The third-order valence-corrected chi connectivity index (χ3v) is 3.40. The number of rotatable bonds is 7. The van der Waals surface area contributed by atoms with Gasteiger partial charge in [-0.3, -0.25) is 9.59 Å². The Hall–Kier alpha value is -3.09. The molecular weight excluding hydrogens is 327 g/mol. The first-order valence-corrected chi connectivity index (χ1v) is 7.55. The summed E-state index contributed by atoms with van der Waals surface area (Å²) < 4.78 is 23.1. The van der Waals surface area contributed by atoms with Crippen LogP contribution in [0.2, 0.25) is 0 Å². The van der Waals surface area contributed by atoms with Crippen LogP contribution in [0.15, 0.2) is 42.5 Å². The normalized spacial score (nSPS) is 10.0. The van der Waals surface area contributed by atoms with Gasteiger partial charge in [0.1, 0.15) is 17.3 Å². The second kappa shape index (κ2) is 8.68. The summed E-state index contributed by atoms with van der Waals surface area (Å²) in [5.41, 5.74) is 1.11. The van der Waals surface area contributed by atoms with Gasteiger partial charge in [0, 0.05) is 6.07 Å². The number of ether oxygens (including phenoxy) is 2. The minimum atomic E-state index is -0.404. The molecule has 0 aliphatic rings. The molecule has 132 valence electrons. The number of halogens is 1. The standard InChI is InChI=1S/C18H19FN2O4/c1-24-14-7-8-16(25-2)15(10-14)21-18(23)11-20-17(22)9-12-3-5-13(19)6-4-12/h3-8,10H,9,11H2,1-2H3,(H,20,22)(H,21,23). The van der Waals surface area contributed by atoms with E-state index in [0.29, 0.717) is 22.7 Å². The van der Waals surface area contributed by atoms with Crippen molar-refractivity contribution in [2.75, 3.05) is 26.1 Å². The van der Waals surface area contributed by atoms with Crippen molar-refractivity contribution < 1.29 is 23.5 Å². The molecule has 0 radical (unpaired) electrons. The first-order chi connectivity index (χ1) is 12.0. The molecule has 0 bridgehead atoms. The zero-order valence-electron chi connectivity index (χ0n) is 14.0. The summed E-state index contributed by atoms with van der Waals surface area (Å²) >= 11 is 0. The molecule has 2 aromatic carbocycles. The number of carbonyl (C=O) groups is 2. The maximum atomic E-state index is 12.8. The van der Waals surface area contributed by atoms with Crippen molar-refractivity contribution in [3.8, 4) is 11.5 Å². The molecule has 2 N–H and O–H groups in total. The van der Waals surface area contributed by atoms with Crippen LogP contribution in [0.5, 0.6) is 11.5 Å². The highest BCUT2D eigenvalue weighted by atomic mass is 19.1. The van der Waals surface area contributed by atoms with Crippen LogP contribution >= 0.6 is 0 Å². The van der Waals surface area contributed by atoms with E-state index in [4.69, 9.17) is 9.47 Å². The number of hydrogen-bond donors (Lipinski definition) is 2. The number of benzene rings is 2. The Kier molecular flexibility index (Phi) is 6.33. The van der Waals surface area contributed by atoms with Gasteiger partial charge in [0.15, 0.2) is 0 Å². The minimum Gasteiger partial charge on any atom is -0.497 e. The fraction of sp³-hybridized carbons (Fsp3) is 0.222. The lowest BCUT2D eigenvalue weighted by Crippen LogP contribution is -2.33. The van der Waals surface area contributed by atoms with Gasteiger partial charge in [0.25, 0.3) is 0 Å². The largest absolute Gasteiger partial charge is 0.497 e. The maximum Gasteiger partial charge on any atom is 0.243 e. The Labute approximate surface area is 144 Å². The average molecular weight is 346 g/mol. The van der Waals surface area contributed by atoms with Gasteiger partial charge in [-0.15, -0.1) is 0 Å². The van der Waals surface area contributed by atoms with Crippen LogP contribution in [-0.2, 0) is 16.0 Å². The van der Waals surface area contributed by atoms with Crippen molar-refractivity contribution in [1.29, 1.82) is 0 Å². The topological polar surface area (TPSA) is 76.7 Å². The Balaban J connectivity index is 1.88. The van der Waals surface area contributed by atoms with E-state index in [2.05, 4.69) is 10.6 Å². The van der Waals surface area contributed by atoms with Crippen molar-refractivity contribution >= 4 is 17.5 Å². The number of amides is 2. The molecular formula is C18H19FN2O4. The Morgan fingerprint density at radius 1 is 1.00 bits per heavy atom. The molecule has 0 atom stereocenters. The zero-order valence-corrected chi connectivity index (χ0v) is 14.0. The van der Waals surface area contributed by atoms with Gasteiger partial charge in [-0.05, 0) is 29.8 Å². The molecule has 0 unspecified atom stereocenters. The van der Waals surface area contributed by atoms with Gasteiger partial charge in [-0.2, -0.15) is 0 Å². The van der Waals surface area contributed by atoms with Crippen LogP contribution in [0.4, 0.5) is 10.1 Å². The first kappa shape index (κ1) is 18.3. The van der Waals surface area contributed by atoms with E-state index >= 15 is 0 Å². The number of carbonyl (C=O) groups excluding carboxylic acids is 2. The average Bonchev–Trinajstić information content (AvgIpc) is 2.62. The fourth-order valence-electron chi connectivity index (χ4n) is 2.14. The summed E-state index contributed by atoms with van der Waals surface area (Å²) in [6, 6.07) is 10.6. The first-order valence-electron chi connectivity index (χ1n) is 7.55. The highest BCUT2D eigenvalue weighted by Gasteiger charge is 2.11. The van der Waals surface area contributed by atoms with Gasteiger partial charge < -0.3 is 20.1 Å². The predicted octanol–water partition coefficient (Wildman–Crippen LogP) is 2.14. The Bertz CT molecular complexity index is 747. The van der Waals surface area contributed by atoms with Crippen molar-refractivity contribution in [1.82, 2.24) is 5.32 Å². The third kappa shape index (κ3) is 5.49. The minimum absolute atomic E-state index is 0.0655. The number of methoxy groups -OCH3 is 2. The third-order valence-electron chi connectivity index (χ3n) is 3.40. The van der Waals surface area contributed by atoms with E-state index in [-0.39, 0.29) is 24.7 Å². The van der Waals surface area contributed by atoms with Gasteiger partial charge in [-0.1, -0.05) is 12.1 Å². The van der Waals surface area contributed by atoms with Gasteiger partial charge in [0.2, 0.25) is 11.8 Å².